The van der Waals surface area contributed by atoms with E-state index in [0.717, 1.165) is 0 Å². The van der Waals surface area contributed by atoms with E-state index in [1.807, 2.05) is 11.3 Å². The Morgan fingerprint density at radius 2 is 1.00 bits per heavy atom. The lowest BCUT2D eigenvalue weighted by molar-refractivity contribution is 0.590. The van der Waals surface area contributed by atoms with Gasteiger partial charge in [0, 0.05) is 26.1 Å². The van der Waals surface area contributed by atoms with Crippen molar-refractivity contribution in [1.29, 1.82) is 0 Å². The average molecular weight is 495 g/mol. The van der Waals surface area contributed by atoms with Crippen LogP contribution in [0, 0.1) is 0 Å². The van der Waals surface area contributed by atoms with Crippen LogP contribution in [-0.2, 0) is 5.41 Å². The van der Waals surface area contributed by atoms with Crippen LogP contribution in [0.4, 0.5) is 0 Å². The van der Waals surface area contributed by atoms with Crippen molar-refractivity contribution in [3.63, 3.8) is 0 Å². The largest absolute Gasteiger partial charge is 0.134 e. The fourth-order valence-corrected chi connectivity index (χ4v) is 6.35. The zero-order valence-electron chi connectivity index (χ0n) is 21.5. The summed E-state index contributed by atoms with van der Waals surface area (Å²) in [7, 11) is 0. The molecule has 0 bridgehead atoms. The van der Waals surface area contributed by atoms with E-state index in [2.05, 4.69) is 148 Å². The fraction of sp³-hybridized carbons (Fsp3) is 0.111. The molecule has 6 rings (SSSR count). The minimum atomic E-state index is 0.0733. The zero-order valence-corrected chi connectivity index (χ0v) is 22.3. The van der Waals surface area contributed by atoms with Gasteiger partial charge in [-0.2, -0.15) is 0 Å². The quantitative estimate of drug-likeness (QED) is 0.229. The van der Waals surface area contributed by atoms with Gasteiger partial charge in [-0.1, -0.05) is 136 Å². The molecule has 180 valence electrons. The molecule has 37 heavy (non-hydrogen) atoms. The standard InChI is InChI=1S/C36H30S/c1-36(2,3)29-21-22-30(26-15-8-5-9-16-26)33(24-29)35-32-20-11-10-19-31(32)34(37-35)28-18-12-17-27(23-28)25-13-6-4-7-14-25/h4-24H,1-3H3. The predicted molar refractivity (Wildman–Crippen MR) is 162 cm³/mol. The van der Waals surface area contributed by atoms with E-state index in [1.165, 1.54) is 59.5 Å². The van der Waals surface area contributed by atoms with Crippen molar-refractivity contribution < 1.29 is 0 Å². The van der Waals surface area contributed by atoms with Gasteiger partial charge in [-0.3, -0.25) is 0 Å². The first-order chi connectivity index (χ1) is 18.0. The zero-order chi connectivity index (χ0) is 25.4. The maximum atomic E-state index is 2.42. The summed E-state index contributed by atoms with van der Waals surface area (Å²) < 4.78 is 0. The molecule has 0 aliphatic carbocycles. The van der Waals surface area contributed by atoms with Gasteiger partial charge in [0.15, 0.2) is 0 Å². The SMILES string of the molecule is CC(C)(C)c1ccc(-c2ccccc2)c(-c2sc(-c3cccc(-c4ccccc4)c3)c3ccccc23)c1. The third kappa shape index (κ3) is 4.52. The van der Waals surface area contributed by atoms with Crippen molar-refractivity contribution in [2.45, 2.75) is 26.2 Å². The summed E-state index contributed by atoms with van der Waals surface area (Å²) in [5.41, 5.74) is 9.03. The van der Waals surface area contributed by atoms with E-state index in [1.54, 1.807) is 0 Å². The van der Waals surface area contributed by atoms with Gasteiger partial charge in [0.1, 0.15) is 0 Å². The first-order valence-corrected chi connectivity index (χ1v) is 13.7. The van der Waals surface area contributed by atoms with Gasteiger partial charge in [0.2, 0.25) is 0 Å². The lowest BCUT2D eigenvalue weighted by atomic mass is 9.84. The monoisotopic (exact) mass is 494 g/mol. The molecule has 0 radical (unpaired) electrons. The van der Waals surface area contributed by atoms with Crippen LogP contribution in [0.2, 0.25) is 0 Å². The molecule has 1 heterocycles. The average Bonchev–Trinajstić information content (AvgIpc) is 3.33. The molecule has 0 unspecified atom stereocenters. The molecule has 0 N–H and O–H groups in total. The Hall–Kier alpha value is -3.94. The van der Waals surface area contributed by atoms with Crippen molar-refractivity contribution in [2.75, 3.05) is 0 Å². The number of rotatable bonds is 4. The molecule has 0 nitrogen and oxygen atoms in total. The summed E-state index contributed by atoms with van der Waals surface area (Å²) >= 11 is 1.91. The molecule has 0 spiro atoms. The summed E-state index contributed by atoms with van der Waals surface area (Å²) in [4.78, 5) is 2.66. The third-order valence-electron chi connectivity index (χ3n) is 7.07. The second-order valence-electron chi connectivity index (χ2n) is 10.6. The van der Waals surface area contributed by atoms with Gasteiger partial charge < -0.3 is 0 Å². The van der Waals surface area contributed by atoms with Crippen LogP contribution in [-0.4, -0.2) is 0 Å². The minimum absolute atomic E-state index is 0.0733. The van der Waals surface area contributed by atoms with Gasteiger partial charge in [0.05, 0.1) is 0 Å². The normalized spacial score (nSPS) is 11.6. The molecule has 0 atom stereocenters. The van der Waals surface area contributed by atoms with Gasteiger partial charge >= 0.3 is 0 Å². The molecule has 0 saturated carbocycles. The second-order valence-corrected chi connectivity index (χ2v) is 11.6. The Morgan fingerprint density at radius 3 is 1.68 bits per heavy atom. The number of fused-ring (bicyclic) bond motifs is 1. The predicted octanol–water partition coefficient (Wildman–Crippen LogP) is 10.9. The lowest BCUT2D eigenvalue weighted by Gasteiger charge is -2.21. The maximum absolute atomic E-state index is 2.42. The molecule has 0 saturated heterocycles. The summed E-state index contributed by atoms with van der Waals surface area (Å²) in [6.45, 7) is 6.88. The van der Waals surface area contributed by atoms with Crippen LogP contribution >= 0.6 is 11.3 Å². The molecule has 0 fully saturated rings. The topological polar surface area (TPSA) is 0 Å². The van der Waals surface area contributed by atoms with Gasteiger partial charge in [0.25, 0.3) is 0 Å². The van der Waals surface area contributed by atoms with E-state index in [4.69, 9.17) is 0 Å². The number of hydrogen-bond acceptors (Lipinski definition) is 1. The van der Waals surface area contributed by atoms with E-state index in [9.17, 15) is 0 Å². The van der Waals surface area contributed by atoms with Crippen molar-refractivity contribution in [2.24, 2.45) is 0 Å². The van der Waals surface area contributed by atoms with Gasteiger partial charge in [-0.05, 0) is 50.9 Å². The first-order valence-electron chi connectivity index (χ1n) is 12.9. The fourth-order valence-electron chi connectivity index (χ4n) is 5.04. The molecule has 0 amide bonds. The third-order valence-corrected chi connectivity index (χ3v) is 8.37. The summed E-state index contributed by atoms with van der Waals surface area (Å²) in [5, 5.41) is 2.63. The number of hydrogen-bond donors (Lipinski definition) is 0. The highest BCUT2D eigenvalue weighted by Gasteiger charge is 2.21. The van der Waals surface area contributed by atoms with Crippen LogP contribution in [0.3, 0.4) is 0 Å². The molecule has 6 aromatic rings. The van der Waals surface area contributed by atoms with Crippen LogP contribution in [0.15, 0.2) is 127 Å². The Morgan fingerprint density at radius 1 is 0.432 bits per heavy atom. The van der Waals surface area contributed by atoms with Crippen LogP contribution in [0.5, 0.6) is 0 Å². The Labute approximate surface area is 223 Å². The Bertz CT molecular complexity index is 1680. The van der Waals surface area contributed by atoms with E-state index < -0.39 is 0 Å². The van der Waals surface area contributed by atoms with Crippen molar-refractivity contribution in [3.8, 4) is 43.1 Å². The molecule has 0 aliphatic heterocycles. The molecular formula is C36H30S. The second kappa shape index (κ2) is 9.50. The van der Waals surface area contributed by atoms with Gasteiger partial charge in [-0.15, -0.1) is 11.3 Å². The summed E-state index contributed by atoms with van der Waals surface area (Å²) in [6, 6.07) is 46.3. The Kier molecular flexibility index (Phi) is 6.02. The smallest absolute Gasteiger partial charge is 0.0434 e. The summed E-state index contributed by atoms with van der Waals surface area (Å²) in [6.07, 6.45) is 0. The molecule has 1 heteroatoms. The molecular weight excluding hydrogens is 464 g/mol. The lowest BCUT2D eigenvalue weighted by Crippen LogP contribution is -2.11. The summed E-state index contributed by atoms with van der Waals surface area (Å²) in [5.74, 6) is 0. The minimum Gasteiger partial charge on any atom is -0.134 e. The van der Waals surface area contributed by atoms with Gasteiger partial charge in [-0.25, -0.2) is 0 Å². The van der Waals surface area contributed by atoms with E-state index in [0.29, 0.717) is 0 Å². The van der Waals surface area contributed by atoms with Crippen molar-refractivity contribution in [3.05, 3.63) is 133 Å². The van der Waals surface area contributed by atoms with Crippen LogP contribution in [0.25, 0.3) is 53.9 Å². The van der Waals surface area contributed by atoms with Crippen molar-refractivity contribution >= 4 is 22.1 Å². The Balaban J connectivity index is 1.59. The van der Waals surface area contributed by atoms with Crippen molar-refractivity contribution in [1.82, 2.24) is 0 Å². The first kappa shape index (κ1) is 23.5. The van der Waals surface area contributed by atoms with Crippen LogP contribution < -0.4 is 0 Å². The maximum Gasteiger partial charge on any atom is 0.0434 e. The number of benzene rings is 5. The molecule has 0 aliphatic rings. The highest BCUT2D eigenvalue weighted by Crippen LogP contribution is 2.48. The number of thiophene rings is 1. The van der Waals surface area contributed by atoms with E-state index >= 15 is 0 Å². The highest BCUT2D eigenvalue weighted by atomic mass is 32.1. The molecule has 1 aromatic heterocycles. The van der Waals surface area contributed by atoms with Crippen LogP contribution in [0.1, 0.15) is 26.3 Å². The van der Waals surface area contributed by atoms with E-state index in [-0.39, 0.29) is 5.41 Å². The molecule has 5 aromatic carbocycles. The highest BCUT2D eigenvalue weighted by molar-refractivity contribution is 7.21.